The lowest BCUT2D eigenvalue weighted by Crippen LogP contribution is -2.28. The minimum Gasteiger partial charge on any atom is -0.469 e. The van der Waals surface area contributed by atoms with E-state index in [2.05, 4.69) is 12.2 Å². The molecule has 0 aliphatic heterocycles. The van der Waals surface area contributed by atoms with E-state index in [0.29, 0.717) is 6.04 Å². The normalized spacial score (nSPS) is 13.0. The van der Waals surface area contributed by atoms with Crippen molar-refractivity contribution in [2.45, 2.75) is 32.2 Å². The summed E-state index contributed by atoms with van der Waals surface area (Å²) in [5.74, 6) is 1.07. The van der Waals surface area contributed by atoms with Gasteiger partial charge in [-0.05, 0) is 45.0 Å². The summed E-state index contributed by atoms with van der Waals surface area (Å²) in [6, 6.07) is 4.49. The maximum absolute atomic E-state index is 5.41. The summed E-state index contributed by atoms with van der Waals surface area (Å²) < 4.78 is 5.26. The van der Waals surface area contributed by atoms with E-state index in [9.17, 15) is 0 Å². The van der Waals surface area contributed by atoms with Crippen molar-refractivity contribution < 1.29 is 4.42 Å². The summed E-state index contributed by atoms with van der Waals surface area (Å²) >= 11 is 0. The van der Waals surface area contributed by atoms with E-state index >= 15 is 0 Å². The van der Waals surface area contributed by atoms with Crippen LogP contribution in [0.15, 0.2) is 22.8 Å². The zero-order valence-corrected chi connectivity index (χ0v) is 8.83. The Morgan fingerprint density at radius 3 is 3.07 bits per heavy atom. The lowest BCUT2D eigenvalue weighted by Gasteiger charge is -2.12. The molecule has 1 aromatic heterocycles. The van der Waals surface area contributed by atoms with E-state index in [1.165, 1.54) is 0 Å². The average Bonchev–Trinajstić information content (AvgIpc) is 2.68. The fourth-order valence-corrected chi connectivity index (χ4v) is 1.37. The largest absolute Gasteiger partial charge is 0.469 e. The molecular formula is C11H20N2O. The van der Waals surface area contributed by atoms with Crippen molar-refractivity contribution in [3.8, 4) is 0 Å². The smallest absolute Gasteiger partial charge is 0.103 e. The Labute approximate surface area is 85.7 Å². The Balaban J connectivity index is 2.06. The minimum atomic E-state index is 0.534. The Hall–Kier alpha value is -0.800. The first kappa shape index (κ1) is 11.3. The molecule has 0 aliphatic carbocycles. The first-order valence-electron chi connectivity index (χ1n) is 5.28. The second-order valence-electron chi connectivity index (χ2n) is 3.62. The van der Waals surface area contributed by atoms with Gasteiger partial charge >= 0.3 is 0 Å². The molecule has 0 radical (unpaired) electrons. The molecular weight excluding hydrogens is 176 g/mol. The van der Waals surface area contributed by atoms with Crippen LogP contribution in [0.1, 0.15) is 25.5 Å². The van der Waals surface area contributed by atoms with E-state index in [4.69, 9.17) is 10.2 Å². The van der Waals surface area contributed by atoms with E-state index in [1.807, 2.05) is 12.1 Å². The Morgan fingerprint density at radius 1 is 1.57 bits per heavy atom. The van der Waals surface area contributed by atoms with Crippen molar-refractivity contribution in [3.63, 3.8) is 0 Å². The van der Waals surface area contributed by atoms with Crippen molar-refractivity contribution in [1.82, 2.24) is 5.32 Å². The van der Waals surface area contributed by atoms with Gasteiger partial charge in [-0.2, -0.15) is 0 Å². The molecule has 0 spiro atoms. The Kier molecular flexibility index (Phi) is 5.33. The molecule has 0 saturated carbocycles. The minimum absolute atomic E-state index is 0.534. The van der Waals surface area contributed by atoms with Crippen molar-refractivity contribution in [3.05, 3.63) is 24.2 Å². The summed E-state index contributed by atoms with van der Waals surface area (Å²) in [7, 11) is 0. The average molecular weight is 196 g/mol. The fraction of sp³-hybridized carbons (Fsp3) is 0.636. The molecule has 80 valence electrons. The molecule has 0 bridgehead atoms. The van der Waals surface area contributed by atoms with Crippen molar-refractivity contribution in [2.24, 2.45) is 5.73 Å². The predicted molar refractivity (Wildman–Crippen MR) is 58.2 cm³/mol. The van der Waals surface area contributed by atoms with Gasteiger partial charge < -0.3 is 15.5 Å². The third-order valence-electron chi connectivity index (χ3n) is 2.28. The zero-order chi connectivity index (χ0) is 10.2. The number of rotatable bonds is 7. The number of aryl methyl sites for hydroxylation is 1. The van der Waals surface area contributed by atoms with Gasteiger partial charge in [-0.3, -0.25) is 0 Å². The molecule has 1 heterocycles. The van der Waals surface area contributed by atoms with Gasteiger partial charge in [0.1, 0.15) is 5.76 Å². The van der Waals surface area contributed by atoms with Crippen LogP contribution in [0.3, 0.4) is 0 Å². The Bertz CT molecular complexity index is 221. The van der Waals surface area contributed by atoms with Crippen LogP contribution < -0.4 is 11.1 Å². The molecule has 1 atom stereocenters. The van der Waals surface area contributed by atoms with E-state index in [-0.39, 0.29) is 0 Å². The van der Waals surface area contributed by atoms with Crippen LogP contribution in [0.2, 0.25) is 0 Å². The van der Waals surface area contributed by atoms with Crippen LogP contribution in [-0.2, 0) is 6.42 Å². The first-order valence-corrected chi connectivity index (χ1v) is 5.28. The molecule has 0 aliphatic rings. The number of hydrogen-bond donors (Lipinski definition) is 2. The Morgan fingerprint density at radius 2 is 2.43 bits per heavy atom. The molecule has 3 nitrogen and oxygen atoms in total. The van der Waals surface area contributed by atoms with Crippen molar-refractivity contribution in [1.29, 1.82) is 0 Å². The maximum atomic E-state index is 5.41. The number of nitrogens with two attached hydrogens (primary N) is 1. The van der Waals surface area contributed by atoms with E-state index in [0.717, 1.165) is 38.1 Å². The van der Waals surface area contributed by atoms with Crippen molar-refractivity contribution in [2.75, 3.05) is 13.1 Å². The highest BCUT2D eigenvalue weighted by atomic mass is 16.3. The number of furan rings is 1. The molecule has 14 heavy (non-hydrogen) atoms. The molecule has 1 rings (SSSR count). The zero-order valence-electron chi connectivity index (χ0n) is 8.83. The van der Waals surface area contributed by atoms with Gasteiger partial charge in [0.2, 0.25) is 0 Å². The first-order chi connectivity index (χ1) is 6.83. The van der Waals surface area contributed by atoms with Crippen molar-refractivity contribution >= 4 is 0 Å². The lowest BCUT2D eigenvalue weighted by molar-refractivity contribution is 0.459. The number of hydrogen-bond acceptors (Lipinski definition) is 3. The SMILES string of the molecule is CC(CCc1ccco1)NCCCN. The lowest BCUT2D eigenvalue weighted by atomic mass is 10.1. The molecule has 0 amide bonds. The molecule has 0 saturated heterocycles. The highest BCUT2D eigenvalue weighted by Gasteiger charge is 2.02. The number of nitrogens with one attached hydrogen (secondary N) is 1. The molecule has 3 N–H and O–H groups in total. The highest BCUT2D eigenvalue weighted by Crippen LogP contribution is 2.05. The van der Waals surface area contributed by atoms with Gasteiger partial charge in [-0.25, -0.2) is 0 Å². The second kappa shape index (κ2) is 6.62. The van der Waals surface area contributed by atoms with Crippen LogP contribution in [0.5, 0.6) is 0 Å². The summed E-state index contributed by atoms with van der Waals surface area (Å²) in [4.78, 5) is 0. The van der Waals surface area contributed by atoms with Crippen LogP contribution in [0, 0.1) is 0 Å². The third kappa shape index (κ3) is 4.44. The molecule has 1 aromatic rings. The standard InChI is InChI=1S/C11H20N2O/c1-10(13-8-3-7-12)5-6-11-4-2-9-14-11/h2,4,9-10,13H,3,5-8,12H2,1H3. The van der Waals surface area contributed by atoms with Crippen LogP contribution in [0.25, 0.3) is 0 Å². The quantitative estimate of drug-likeness (QED) is 0.650. The predicted octanol–water partition coefficient (Wildman–Crippen LogP) is 1.54. The third-order valence-corrected chi connectivity index (χ3v) is 2.28. The van der Waals surface area contributed by atoms with E-state index < -0.39 is 0 Å². The summed E-state index contributed by atoms with van der Waals surface area (Å²) in [6.45, 7) is 3.97. The molecule has 0 fully saturated rings. The van der Waals surface area contributed by atoms with Gasteiger partial charge in [0.15, 0.2) is 0 Å². The summed E-state index contributed by atoms with van der Waals surface area (Å²) in [6.07, 6.45) is 4.88. The van der Waals surface area contributed by atoms with Gasteiger partial charge in [0.25, 0.3) is 0 Å². The molecule has 3 heteroatoms. The fourth-order valence-electron chi connectivity index (χ4n) is 1.37. The topological polar surface area (TPSA) is 51.2 Å². The monoisotopic (exact) mass is 196 g/mol. The van der Waals surface area contributed by atoms with Gasteiger partial charge in [0.05, 0.1) is 6.26 Å². The van der Waals surface area contributed by atoms with Crippen LogP contribution >= 0.6 is 0 Å². The van der Waals surface area contributed by atoms with Crippen LogP contribution in [0.4, 0.5) is 0 Å². The molecule has 1 unspecified atom stereocenters. The summed E-state index contributed by atoms with van der Waals surface area (Å²) in [5, 5.41) is 3.42. The van der Waals surface area contributed by atoms with Crippen LogP contribution in [-0.4, -0.2) is 19.1 Å². The summed E-state index contributed by atoms with van der Waals surface area (Å²) in [5.41, 5.74) is 5.41. The van der Waals surface area contributed by atoms with Gasteiger partial charge in [-0.15, -0.1) is 0 Å². The van der Waals surface area contributed by atoms with E-state index in [1.54, 1.807) is 6.26 Å². The molecule has 0 aromatic carbocycles. The van der Waals surface area contributed by atoms with Gasteiger partial charge in [-0.1, -0.05) is 0 Å². The maximum Gasteiger partial charge on any atom is 0.103 e. The second-order valence-corrected chi connectivity index (χ2v) is 3.62. The van der Waals surface area contributed by atoms with Gasteiger partial charge in [0, 0.05) is 12.5 Å². The highest BCUT2D eigenvalue weighted by molar-refractivity contribution is 4.98.